The largest absolute Gasteiger partial charge is 0.323 e. The molecule has 0 saturated heterocycles. The van der Waals surface area contributed by atoms with Crippen molar-refractivity contribution >= 4 is 23.2 Å². The van der Waals surface area contributed by atoms with Crippen molar-refractivity contribution in [1.82, 2.24) is 0 Å². The van der Waals surface area contributed by atoms with E-state index >= 15 is 0 Å². The Morgan fingerprint density at radius 2 is 1.94 bits per heavy atom. The molecule has 1 fully saturated rings. The van der Waals surface area contributed by atoms with E-state index in [1.807, 2.05) is 0 Å². The maximum absolute atomic E-state index is 12.3. The first-order valence-electron chi connectivity index (χ1n) is 6.15. The van der Waals surface area contributed by atoms with Gasteiger partial charge in [0.25, 0.3) is 0 Å². The van der Waals surface area contributed by atoms with Gasteiger partial charge in [0.2, 0.25) is 5.91 Å². The van der Waals surface area contributed by atoms with Crippen LogP contribution in [0.4, 0.5) is 5.69 Å². The molecular weight excluding hydrogens is 248 g/mol. The number of halogens is 1. The van der Waals surface area contributed by atoms with Crippen LogP contribution in [-0.2, 0) is 4.79 Å². The van der Waals surface area contributed by atoms with Crippen molar-refractivity contribution in [2.45, 2.75) is 32.1 Å². The normalized spacial score (nSPS) is 17.8. The maximum atomic E-state index is 12.3. The number of benzene rings is 1. The topological polar surface area (TPSA) is 52.9 Å². The van der Waals surface area contributed by atoms with E-state index in [9.17, 15) is 10.1 Å². The predicted molar refractivity (Wildman–Crippen MR) is 71.2 cm³/mol. The average molecular weight is 263 g/mol. The van der Waals surface area contributed by atoms with Crippen molar-refractivity contribution in [3.05, 3.63) is 29.3 Å². The van der Waals surface area contributed by atoms with Crippen LogP contribution in [0.1, 0.15) is 32.1 Å². The number of nitrogens with one attached hydrogen (secondary N) is 1. The second-order valence-electron chi connectivity index (χ2n) is 4.69. The number of anilines is 1. The number of para-hydroxylation sites is 1. The smallest absolute Gasteiger partial charge is 0.244 e. The summed E-state index contributed by atoms with van der Waals surface area (Å²) in [5, 5.41) is 12.6. The van der Waals surface area contributed by atoms with Gasteiger partial charge in [-0.1, -0.05) is 43.0 Å². The summed E-state index contributed by atoms with van der Waals surface area (Å²) in [7, 11) is 0. The summed E-state index contributed by atoms with van der Waals surface area (Å²) in [6.07, 6.45) is 4.25. The molecule has 4 heteroatoms. The molecule has 1 saturated carbocycles. The Balaban J connectivity index is 2.16. The number of nitrogens with zero attached hydrogens (tertiary/aromatic N) is 1. The number of hydrogen-bond acceptors (Lipinski definition) is 2. The van der Waals surface area contributed by atoms with Gasteiger partial charge < -0.3 is 5.32 Å². The van der Waals surface area contributed by atoms with Gasteiger partial charge in [-0.3, -0.25) is 4.79 Å². The first kappa shape index (κ1) is 12.9. The van der Waals surface area contributed by atoms with E-state index in [-0.39, 0.29) is 5.91 Å². The van der Waals surface area contributed by atoms with Gasteiger partial charge in [-0.2, -0.15) is 5.26 Å². The Kier molecular flexibility index (Phi) is 3.88. The third-order valence-corrected chi connectivity index (χ3v) is 3.81. The van der Waals surface area contributed by atoms with Crippen molar-refractivity contribution in [3.63, 3.8) is 0 Å². The molecule has 1 aromatic rings. The number of amides is 1. The van der Waals surface area contributed by atoms with Crippen molar-refractivity contribution in [2.75, 3.05) is 5.32 Å². The maximum Gasteiger partial charge on any atom is 0.244 e. The lowest BCUT2D eigenvalue weighted by Gasteiger charge is -2.29. The Morgan fingerprint density at radius 3 is 2.56 bits per heavy atom. The van der Waals surface area contributed by atoms with E-state index in [1.165, 1.54) is 0 Å². The minimum absolute atomic E-state index is 0.224. The third kappa shape index (κ3) is 2.49. The molecule has 1 N–H and O–H groups in total. The van der Waals surface area contributed by atoms with Gasteiger partial charge in [0.1, 0.15) is 5.41 Å². The molecule has 18 heavy (non-hydrogen) atoms. The number of nitriles is 1. The fraction of sp³-hybridized carbons (Fsp3) is 0.429. The highest BCUT2D eigenvalue weighted by molar-refractivity contribution is 6.33. The molecule has 0 bridgehead atoms. The number of carbonyl (C=O) groups excluding carboxylic acids is 1. The van der Waals surface area contributed by atoms with Crippen LogP contribution in [0.5, 0.6) is 0 Å². The van der Waals surface area contributed by atoms with Crippen molar-refractivity contribution in [3.8, 4) is 6.07 Å². The highest BCUT2D eigenvalue weighted by Gasteiger charge is 2.39. The van der Waals surface area contributed by atoms with Crippen LogP contribution in [-0.4, -0.2) is 5.91 Å². The predicted octanol–water partition coefficient (Wildman–Crippen LogP) is 3.75. The van der Waals surface area contributed by atoms with Crippen LogP contribution in [0.25, 0.3) is 0 Å². The number of carbonyl (C=O) groups is 1. The van der Waals surface area contributed by atoms with E-state index in [2.05, 4.69) is 11.4 Å². The zero-order valence-corrected chi connectivity index (χ0v) is 10.8. The Bertz CT molecular complexity index is 487. The van der Waals surface area contributed by atoms with Gasteiger partial charge in [0, 0.05) is 0 Å². The summed E-state index contributed by atoms with van der Waals surface area (Å²) in [5.74, 6) is -0.224. The molecular formula is C14H15ClN2O. The Labute approximate surface area is 112 Å². The first-order valence-corrected chi connectivity index (χ1v) is 6.53. The van der Waals surface area contributed by atoms with Gasteiger partial charge in [-0.15, -0.1) is 0 Å². The van der Waals surface area contributed by atoms with Gasteiger partial charge in [0.05, 0.1) is 16.8 Å². The van der Waals surface area contributed by atoms with Crippen molar-refractivity contribution in [2.24, 2.45) is 5.41 Å². The van der Waals surface area contributed by atoms with E-state index < -0.39 is 5.41 Å². The summed E-state index contributed by atoms with van der Waals surface area (Å²) >= 11 is 6.00. The Morgan fingerprint density at radius 1 is 1.28 bits per heavy atom. The van der Waals surface area contributed by atoms with Gasteiger partial charge in [-0.05, 0) is 25.0 Å². The molecule has 0 atom stereocenters. The van der Waals surface area contributed by atoms with Gasteiger partial charge >= 0.3 is 0 Å². The molecule has 0 aliphatic heterocycles. The highest BCUT2D eigenvalue weighted by Crippen LogP contribution is 2.37. The third-order valence-electron chi connectivity index (χ3n) is 3.48. The molecule has 1 amide bonds. The molecule has 94 valence electrons. The summed E-state index contributed by atoms with van der Waals surface area (Å²) in [6, 6.07) is 9.28. The summed E-state index contributed by atoms with van der Waals surface area (Å²) < 4.78 is 0. The molecule has 1 aliphatic rings. The summed E-state index contributed by atoms with van der Waals surface area (Å²) in [6.45, 7) is 0. The van der Waals surface area contributed by atoms with Crippen molar-refractivity contribution in [1.29, 1.82) is 5.26 Å². The molecule has 0 radical (unpaired) electrons. The zero-order chi connectivity index (χ0) is 13.0. The fourth-order valence-corrected chi connectivity index (χ4v) is 2.53. The lowest BCUT2D eigenvalue weighted by Crippen LogP contribution is -2.36. The number of rotatable bonds is 2. The second kappa shape index (κ2) is 5.41. The molecule has 1 aromatic carbocycles. The highest BCUT2D eigenvalue weighted by atomic mass is 35.5. The monoisotopic (exact) mass is 262 g/mol. The molecule has 0 unspecified atom stereocenters. The fourth-order valence-electron chi connectivity index (χ4n) is 2.35. The lowest BCUT2D eigenvalue weighted by atomic mass is 9.74. The average Bonchev–Trinajstić information content (AvgIpc) is 2.42. The summed E-state index contributed by atoms with van der Waals surface area (Å²) in [4.78, 5) is 12.3. The second-order valence-corrected chi connectivity index (χ2v) is 5.10. The van der Waals surface area contributed by atoms with Gasteiger partial charge in [0.15, 0.2) is 0 Å². The van der Waals surface area contributed by atoms with E-state index in [0.717, 1.165) is 19.3 Å². The minimum atomic E-state index is -0.878. The lowest BCUT2D eigenvalue weighted by molar-refractivity contribution is -0.124. The molecule has 2 rings (SSSR count). The van der Waals surface area contributed by atoms with Crippen LogP contribution >= 0.6 is 11.6 Å². The SMILES string of the molecule is N#CC1(C(=O)Nc2ccccc2Cl)CCCCC1. The van der Waals surface area contributed by atoms with Crippen LogP contribution in [0.2, 0.25) is 5.02 Å². The molecule has 0 heterocycles. The number of hydrogen-bond donors (Lipinski definition) is 1. The van der Waals surface area contributed by atoms with Crippen LogP contribution in [0, 0.1) is 16.7 Å². The standard InChI is InChI=1S/C14H15ClN2O/c15-11-6-2-3-7-12(11)17-13(18)14(10-16)8-4-1-5-9-14/h2-3,6-7H,1,4-5,8-9H2,(H,17,18). The van der Waals surface area contributed by atoms with Crippen molar-refractivity contribution < 1.29 is 4.79 Å². The molecule has 0 aromatic heterocycles. The molecule has 3 nitrogen and oxygen atoms in total. The quantitative estimate of drug-likeness (QED) is 0.882. The van der Waals surface area contributed by atoms with E-state index in [1.54, 1.807) is 24.3 Å². The zero-order valence-electron chi connectivity index (χ0n) is 10.1. The first-order chi connectivity index (χ1) is 8.68. The Hall–Kier alpha value is -1.53. The minimum Gasteiger partial charge on any atom is -0.323 e. The molecule has 1 aliphatic carbocycles. The molecule has 0 spiro atoms. The van der Waals surface area contributed by atoms with E-state index in [4.69, 9.17) is 11.6 Å². The van der Waals surface area contributed by atoms with Crippen LogP contribution in [0.15, 0.2) is 24.3 Å². The van der Waals surface area contributed by atoms with E-state index in [0.29, 0.717) is 23.6 Å². The summed E-state index contributed by atoms with van der Waals surface area (Å²) in [5.41, 5.74) is -0.304. The van der Waals surface area contributed by atoms with Crippen LogP contribution < -0.4 is 5.32 Å². The van der Waals surface area contributed by atoms with Gasteiger partial charge in [-0.25, -0.2) is 0 Å². The van der Waals surface area contributed by atoms with Crippen LogP contribution in [0.3, 0.4) is 0 Å².